The van der Waals surface area contributed by atoms with Crippen molar-refractivity contribution in [3.05, 3.63) is 65.7 Å². The van der Waals surface area contributed by atoms with Gasteiger partial charge in [-0.2, -0.15) is 0 Å². The molecule has 2 aromatic rings. The molecule has 2 N–H and O–H groups in total. The second-order valence-electron chi connectivity index (χ2n) is 5.76. The molecule has 23 heavy (non-hydrogen) atoms. The summed E-state index contributed by atoms with van der Waals surface area (Å²) in [6.45, 7) is 1.25. The molecule has 0 spiro atoms. The quantitative estimate of drug-likeness (QED) is 0.924. The van der Waals surface area contributed by atoms with Crippen LogP contribution in [-0.4, -0.2) is 24.0 Å². The van der Waals surface area contributed by atoms with Crippen LogP contribution in [0.4, 0.5) is 0 Å². The second-order valence-corrected chi connectivity index (χ2v) is 5.76. The topological polar surface area (TPSA) is 55.6 Å². The minimum absolute atomic E-state index is 0.0307. The molecule has 3 rings (SSSR count). The maximum Gasteiger partial charge on any atom is 0.261 e. The summed E-state index contributed by atoms with van der Waals surface area (Å²) in [5.74, 6) is 0.724. The zero-order chi connectivity index (χ0) is 16.1. The lowest BCUT2D eigenvalue weighted by Gasteiger charge is -2.25. The Labute approximate surface area is 136 Å². The van der Waals surface area contributed by atoms with E-state index in [9.17, 15) is 4.79 Å². The standard InChI is InChI=1S/C19H22N2O2/c20-13-16-9-4-5-11-18(16)23-14-19(22)21-12-6-10-17(21)15-7-2-1-3-8-15/h1-5,7-9,11,17H,6,10,12-14,20H2. The Morgan fingerprint density at radius 2 is 1.87 bits per heavy atom. The molecule has 0 aliphatic carbocycles. The van der Waals surface area contributed by atoms with Crippen molar-refractivity contribution in [2.45, 2.75) is 25.4 Å². The van der Waals surface area contributed by atoms with Crippen molar-refractivity contribution in [2.75, 3.05) is 13.2 Å². The van der Waals surface area contributed by atoms with Crippen molar-refractivity contribution in [2.24, 2.45) is 5.73 Å². The number of likely N-dealkylation sites (tertiary alicyclic amines) is 1. The monoisotopic (exact) mass is 310 g/mol. The molecule has 1 unspecified atom stereocenters. The number of rotatable bonds is 5. The molecule has 1 aliphatic rings. The zero-order valence-corrected chi connectivity index (χ0v) is 13.2. The fourth-order valence-electron chi connectivity index (χ4n) is 3.12. The molecule has 4 heteroatoms. The Morgan fingerprint density at radius 1 is 1.13 bits per heavy atom. The van der Waals surface area contributed by atoms with Gasteiger partial charge >= 0.3 is 0 Å². The first-order valence-corrected chi connectivity index (χ1v) is 8.05. The summed E-state index contributed by atoms with van der Waals surface area (Å²) in [4.78, 5) is 14.5. The molecule has 0 radical (unpaired) electrons. The van der Waals surface area contributed by atoms with E-state index in [1.807, 2.05) is 47.4 Å². The van der Waals surface area contributed by atoms with Crippen LogP contribution in [0.15, 0.2) is 54.6 Å². The van der Waals surface area contributed by atoms with Gasteiger partial charge in [0.15, 0.2) is 6.61 Å². The summed E-state index contributed by atoms with van der Waals surface area (Å²) >= 11 is 0. The fourth-order valence-corrected chi connectivity index (χ4v) is 3.12. The number of amides is 1. The Bertz CT molecular complexity index is 657. The molecule has 1 fully saturated rings. The maximum atomic E-state index is 12.6. The average molecular weight is 310 g/mol. The zero-order valence-electron chi connectivity index (χ0n) is 13.2. The molecule has 1 amide bonds. The summed E-state index contributed by atoms with van der Waals surface area (Å²) in [5.41, 5.74) is 7.81. The van der Waals surface area contributed by atoms with Crippen LogP contribution >= 0.6 is 0 Å². The molecule has 1 aliphatic heterocycles. The lowest BCUT2D eigenvalue weighted by molar-refractivity contribution is -0.134. The van der Waals surface area contributed by atoms with Crippen LogP contribution in [0.3, 0.4) is 0 Å². The summed E-state index contributed by atoms with van der Waals surface area (Å²) in [6, 6.07) is 18.0. The van der Waals surface area contributed by atoms with Gasteiger partial charge in [0.05, 0.1) is 6.04 Å². The van der Waals surface area contributed by atoms with Gasteiger partial charge in [0.2, 0.25) is 0 Å². The summed E-state index contributed by atoms with van der Waals surface area (Å²) in [7, 11) is 0. The highest BCUT2D eigenvalue weighted by atomic mass is 16.5. The van der Waals surface area contributed by atoms with Gasteiger partial charge in [-0.3, -0.25) is 4.79 Å². The predicted octanol–water partition coefficient (Wildman–Crippen LogP) is 2.89. The summed E-state index contributed by atoms with van der Waals surface area (Å²) in [5, 5.41) is 0. The third-order valence-electron chi connectivity index (χ3n) is 4.30. The first-order valence-electron chi connectivity index (χ1n) is 8.05. The SMILES string of the molecule is NCc1ccccc1OCC(=O)N1CCCC1c1ccccc1. The van der Waals surface area contributed by atoms with Crippen molar-refractivity contribution in [1.82, 2.24) is 4.90 Å². The third kappa shape index (κ3) is 3.54. The fraction of sp³-hybridized carbons (Fsp3) is 0.316. The maximum absolute atomic E-state index is 12.6. The molecule has 2 aromatic carbocycles. The highest BCUT2D eigenvalue weighted by Crippen LogP contribution is 2.31. The summed E-state index contributed by atoms with van der Waals surface area (Å²) < 4.78 is 5.72. The number of carbonyl (C=O) groups excluding carboxylic acids is 1. The van der Waals surface area contributed by atoms with Crippen molar-refractivity contribution >= 4 is 5.91 Å². The first kappa shape index (κ1) is 15.6. The van der Waals surface area contributed by atoms with Crippen LogP contribution in [0.1, 0.15) is 30.0 Å². The largest absolute Gasteiger partial charge is 0.483 e. The third-order valence-corrected chi connectivity index (χ3v) is 4.30. The Balaban J connectivity index is 1.66. The lowest BCUT2D eigenvalue weighted by atomic mass is 10.0. The Hall–Kier alpha value is -2.33. The molecular formula is C19H22N2O2. The number of benzene rings is 2. The molecular weight excluding hydrogens is 288 g/mol. The van der Waals surface area contributed by atoms with Gasteiger partial charge < -0.3 is 15.4 Å². The number of ether oxygens (including phenoxy) is 1. The molecule has 1 atom stereocenters. The van der Waals surface area contributed by atoms with Crippen LogP contribution in [0.5, 0.6) is 5.75 Å². The number of para-hydroxylation sites is 1. The molecule has 0 bridgehead atoms. The van der Waals surface area contributed by atoms with Crippen LogP contribution in [0.2, 0.25) is 0 Å². The molecule has 120 valence electrons. The van der Waals surface area contributed by atoms with E-state index >= 15 is 0 Å². The minimum Gasteiger partial charge on any atom is -0.483 e. The van der Waals surface area contributed by atoms with E-state index in [4.69, 9.17) is 10.5 Å². The normalized spacial score (nSPS) is 17.3. The van der Waals surface area contributed by atoms with Crippen molar-refractivity contribution in [1.29, 1.82) is 0 Å². The van der Waals surface area contributed by atoms with Crippen LogP contribution in [0, 0.1) is 0 Å². The average Bonchev–Trinajstić information content (AvgIpc) is 3.10. The number of hydrogen-bond donors (Lipinski definition) is 1. The van der Waals surface area contributed by atoms with Gasteiger partial charge in [-0.15, -0.1) is 0 Å². The molecule has 0 aromatic heterocycles. The number of nitrogens with zero attached hydrogens (tertiary/aromatic N) is 1. The van der Waals surface area contributed by atoms with Gasteiger partial charge in [0.25, 0.3) is 5.91 Å². The Kier molecular flexibility index (Phi) is 4.93. The smallest absolute Gasteiger partial charge is 0.261 e. The molecule has 1 saturated heterocycles. The lowest BCUT2D eigenvalue weighted by Crippen LogP contribution is -2.34. The van der Waals surface area contributed by atoms with Crippen LogP contribution in [-0.2, 0) is 11.3 Å². The minimum atomic E-state index is 0.0307. The van der Waals surface area contributed by atoms with Gasteiger partial charge in [0.1, 0.15) is 5.75 Å². The van der Waals surface area contributed by atoms with Crippen molar-refractivity contribution < 1.29 is 9.53 Å². The van der Waals surface area contributed by atoms with E-state index in [1.165, 1.54) is 5.56 Å². The molecule has 1 heterocycles. The highest BCUT2D eigenvalue weighted by Gasteiger charge is 2.29. The first-order chi connectivity index (χ1) is 11.3. The number of hydrogen-bond acceptors (Lipinski definition) is 3. The van der Waals surface area contributed by atoms with Gasteiger partial charge in [-0.1, -0.05) is 48.5 Å². The molecule has 0 saturated carbocycles. The number of carbonyl (C=O) groups is 1. The van der Waals surface area contributed by atoms with Gasteiger partial charge in [-0.05, 0) is 24.5 Å². The number of nitrogens with two attached hydrogens (primary N) is 1. The highest BCUT2D eigenvalue weighted by molar-refractivity contribution is 5.78. The van der Waals surface area contributed by atoms with Gasteiger partial charge in [0, 0.05) is 18.7 Å². The van der Waals surface area contributed by atoms with E-state index in [2.05, 4.69) is 12.1 Å². The van der Waals surface area contributed by atoms with Crippen molar-refractivity contribution in [3.8, 4) is 5.75 Å². The predicted molar refractivity (Wildman–Crippen MR) is 90.0 cm³/mol. The van der Waals surface area contributed by atoms with Crippen LogP contribution < -0.4 is 10.5 Å². The summed E-state index contributed by atoms with van der Waals surface area (Å²) in [6.07, 6.45) is 2.04. The van der Waals surface area contributed by atoms with E-state index < -0.39 is 0 Å². The molecule has 4 nitrogen and oxygen atoms in total. The van der Waals surface area contributed by atoms with E-state index in [0.717, 1.165) is 24.9 Å². The van der Waals surface area contributed by atoms with Crippen molar-refractivity contribution in [3.63, 3.8) is 0 Å². The van der Waals surface area contributed by atoms with E-state index in [-0.39, 0.29) is 18.6 Å². The van der Waals surface area contributed by atoms with E-state index in [0.29, 0.717) is 12.3 Å². The van der Waals surface area contributed by atoms with Gasteiger partial charge in [-0.25, -0.2) is 0 Å². The van der Waals surface area contributed by atoms with E-state index in [1.54, 1.807) is 0 Å². The second kappa shape index (κ2) is 7.29. The van der Waals surface area contributed by atoms with Crippen LogP contribution in [0.25, 0.3) is 0 Å². The Morgan fingerprint density at radius 3 is 2.65 bits per heavy atom.